The molecule has 5 nitrogen and oxygen atoms in total. The number of rotatable bonds is 5. The zero-order chi connectivity index (χ0) is 20.1. The molecular weight excluding hydrogens is 370 g/mol. The molecule has 0 aliphatic rings. The summed E-state index contributed by atoms with van der Waals surface area (Å²) >= 11 is 1.35. The fourth-order valence-corrected chi connectivity index (χ4v) is 3.54. The Hall–Kier alpha value is -3.25. The van der Waals surface area contributed by atoms with Crippen molar-refractivity contribution >= 4 is 45.7 Å². The fourth-order valence-electron chi connectivity index (χ4n) is 2.68. The van der Waals surface area contributed by atoms with Crippen molar-refractivity contribution in [3.8, 4) is 0 Å². The van der Waals surface area contributed by atoms with Crippen molar-refractivity contribution in [1.82, 2.24) is 4.98 Å². The fraction of sp³-hybridized carbons (Fsp3) is 0.136. The average molecular weight is 391 g/mol. The smallest absolute Gasteiger partial charge is 0.248 e. The Balaban J connectivity index is 1.74. The highest BCUT2D eigenvalue weighted by molar-refractivity contribution is 7.14. The van der Waals surface area contributed by atoms with Gasteiger partial charge >= 0.3 is 0 Å². The number of anilines is 3. The minimum absolute atomic E-state index is 0.122. The van der Waals surface area contributed by atoms with Crippen LogP contribution in [0.1, 0.15) is 23.7 Å². The Morgan fingerprint density at radius 3 is 2.54 bits per heavy atom. The van der Waals surface area contributed by atoms with Crippen LogP contribution in [-0.2, 0) is 9.59 Å². The van der Waals surface area contributed by atoms with E-state index in [1.165, 1.54) is 24.3 Å². The highest BCUT2D eigenvalue weighted by Gasteiger charge is 2.17. The maximum Gasteiger partial charge on any atom is 0.248 e. The van der Waals surface area contributed by atoms with Crippen molar-refractivity contribution in [3.63, 3.8) is 0 Å². The van der Waals surface area contributed by atoms with E-state index in [4.69, 9.17) is 0 Å². The maximum absolute atomic E-state index is 12.2. The van der Waals surface area contributed by atoms with Gasteiger partial charge in [0, 0.05) is 24.1 Å². The molecule has 0 radical (unpaired) electrons. The molecule has 0 unspecified atom stereocenters. The molecule has 0 atom stereocenters. The van der Waals surface area contributed by atoms with Crippen molar-refractivity contribution in [1.29, 1.82) is 0 Å². The van der Waals surface area contributed by atoms with Gasteiger partial charge in [0.25, 0.3) is 0 Å². The van der Waals surface area contributed by atoms with Gasteiger partial charge in [-0.1, -0.05) is 30.3 Å². The monoisotopic (exact) mass is 391 g/mol. The molecule has 1 N–H and O–H groups in total. The number of carbonyl (C=O) groups excluding carboxylic acids is 2. The summed E-state index contributed by atoms with van der Waals surface area (Å²) in [5.74, 6) is -0.349. The second-order valence-corrected chi connectivity index (χ2v) is 7.15. The van der Waals surface area contributed by atoms with E-state index in [9.17, 15) is 9.59 Å². The number of benzene rings is 2. The molecule has 3 rings (SSSR count). The van der Waals surface area contributed by atoms with Crippen molar-refractivity contribution < 1.29 is 9.59 Å². The Bertz CT molecular complexity index is 1030. The molecule has 6 heteroatoms. The quantitative estimate of drug-likeness (QED) is 0.616. The number of thiazole rings is 1. The molecule has 142 valence electrons. The highest BCUT2D eigenvalue weighted by Crippen LogP contribution is 2.29. The van der Waals surface area contributed by atoms with Crippen molar-refractivity contribution in [2.24, 2.45) is 0 Å². The second-order valence-electron chi connectivity index (χ2n) is 6.31. The number of carbonyl (C=O) groups is 2. The van der Waals surface area contributed by atoms with E-state index < -0.39 is 0 Å². The van der Waals surface area contributed by atoms with Crippen molar-refractivity contribution in [2.45, 2.75) is 20.8 Å². The van der Waals surface area contributed by atoms with Gasteiger partial charge in [-0.15, -0.1) is 11.3 Å². The van der Waals surface area contributed by atoms with E-state index in [2.05, 4.69) is 10.3 Å². The van der Waals surface area contributed by atoms with E-state index in [0.29, 0.717) is 10.8 Å². The molecule has 0 saturated heterocycles. The molecular formula is C22H21N3O2S. The van der Waals surface area contributed by atoms with Crippen LogP contribution in [0.5, 0.6) is 0 Å². The van der Waals surface area contributed by atoms with Crippen LogP contribution >= 0.6 is 11.3 Å². The SMILES string of the molecule is CC(=O)N(c1ccccc1)c1nc(C=CC(=O)Nc2cccc(C)c2C)cs1. The lowest BCUT2D eigenvalue weighted by Crippen LogP contribution is -2.22. The summed E-state index contributed by atoms with van der Waals surface area (Å²) < 4.78 is 0. The van der Waals surface area contributed by atoms with Crippen LogP contribution in [0.4, 0.5) is 16.5 Å². The van der Waals surface area contributed by atoms with Crippen molar-refractivity contribution in [3.05, 3.63) is 76.8 Å². The standard InChI is InChI=1S/C22H21N3O2S/c1-15-8-7-11-20(16(15)2)24-21(27)13-12-18-14-28-22(23-18)25(17(3)26)19-9-5-4-6-10-19/h4-14H,1-3H3,(H,24,27). The number of hydrogen-bond acceptors (Lipinski definition) is 4. The number of hydrogen-bond donors (Lipinski definition) is 1. The normalized spacial score (nSPS) is 10.8. The Labute approximate surface area is 168 Å². The summed E-state index contributed by atoms with van der Waals surface area (Å²) in [5.41, 5.74) is 4.34. The summed E-state index contributed by atoms with van der Waals surface area (Å²) in [5, 5.41) is 5.26. The van der Waals surface area contributed by atoms with Gasteiger partial charge in [-0.2, -0.15) is 0 Å². The predicted molar refractivity (Wildman–Crippen MR) is 115 cm³/mol. The second kappa shape index (κ2) is 8.63. The summed E-state index contributed by atoms with van der Waals surface area (Å²) in [6, 6.07) is 15.1. The third-order valence-corrected chi connectivity index (χ3v) is 5.14. The Morgan fingerprint density at radius 1 is 1.07 bits per heavy atom. The van der Waals surface area contributed by atoms with Gasteiger partial charge in [-0.05, 0) is 49.2 Å². The molecule has 0 bridgehead atoms. The first-order valence-corrected chi connectivity index (χ1v) is 9.70. The minimum atomic E-state index is -0.227. The Morgan fingerprint density at radius 2 is 1.82 bits per heavy atom. The zero-order valence-electron chi connectivity index (χ0n) is 16.0. The summed E-state index contributed by atoms with van der Waals surface area (Å²) in [6.45, 7) is 5.48. The largest absolute Gasteiger partial charge is 0.322 e. The van der Waals surface area contributed by atoms with Crippen LogP contribution in [0.3, 0.4) is 0 Å². The molecule has 1 aromatic heterocycles. The molecule has 3 aromatic rings. The van der Waals surface area contributed by atoms with Gasteiger partial charge in [0.2, 0.25) is 11.8 Å². The lowest BCUT2D eigenvalue weighted by Gasteiger charge is -2.17. The van der Waals surface area contributed by atoms with Crippen LogP contribution in [0.15, 0.2) is 60.0 Å². The van der Waals surface area contributed by atoms with E-state index in [-0.39, 0.29) is 11.8 Å². The van der Waals surface area contributed by atoms with E-state index >= 15 is 0 Å². The predicted octanol–water partition coefficient (Wildman–Crippen LogP) is 5.10. The lowest BCUT2D eigenvalue weighted by molar-refractivity contribution is -0.116. The third-order valence-electron chi connectivity index (χ3n) is 4.30. The number of aromatic nitrogens is 1. The van der Waals surface area contributed by atoms with Crippen molar-refractivity contribution in [2.75, 3.05) is 10.2 Å². The number of nitrogens with one attached hydrogen (secondary N) is 1. The summed E-state index contributed by atoms with van der Waals surface area (Å²) in [6.07, 6.45) is 3.09. The van der Waals surface area contributed by atoms with Crippen LogP contribution in [0.2, 0.25) is 0 Å². The summed E-state index contributed by atoms with van der Waals surface area (Å²) in [4.78, 5) is 30.4. The van der Waals surface area contributed by atoms with E-state index in [1.807, 2.05) is 67.8 Å². The zero-order valence-corrected chi connectivity index (χ0v) is 16.8. The number of amides is 2. The van der Waals surface area contributed by atoms with Gasteiger partial charge in [-0.3, -0.25) is 14.5 Å². The first-order valence-electron chi connectivity index (χ1n) is 8.82. The van der Waals surface area contributed by atoms with Crippen LogP contribution < -0.4 is 10.2 Å². The van der Waals surface area contributed by atoms with Crippen LogP contribution in [-0.4, -0.2) is 16.8 Å². The molecule has 0 aliphatic heterocycles. The molecule has 0 aliphatic carbocycles. The first-order chi connectivity index (χ1) is 13.5. The molecule has 0 saturated carbocycles. The number of aryl methyl sites for hydroxylation is 1. The van der Waals surface area contributed by atoms with Crippen LogP contribution in [0.25, 0.3) is 6.08 Å². The van der Waals surface area contributed by atoms with Gasteiger partial charge in [0.05, 0.1) is 11.4 Å². The lowest BCUT2D eigenvalue weighted by atomic mass is 10.1. The molecule has 1 heterocycles. The van der Waals surface area contributed by atoms with Gasteiger partial charge < -0.3 is 5.32 Å². The van der Waals surface area contributed by atoms with Gasteiger partial charge in [0.1, 0.15) is 0 Å². The molecule has 2 aromatic carbocycles. The van der Waals surface area contributed by atoms with Crippen LogP contribution in [0, 0.1) is 13.8 Å². The van der Waals surface area contributed by atoms with E-state index in [0.717, 1.165) is 22.5 Å². The topological polar surface area (TPSA) is 62.3 Å². The molecule has 28 heavy (non-hydrogen) atoms. The van der Waals surface area contributed by atoms with E-state index in [1.54, 1.807) is 11.0 Å². The average Bonchev–Trinajstić information content (AvgIpc) is 3.13. The summed E-state index contributed by atoms with van der Waals surface area (Å²) in [7, 11) is 0. The minimum Gasteiger partial charge on any atom is -0.322 e. The number of para-hydroxylation sites is 1. The Kier molecular flexibility index (Phi) is 6.01. The van der Waals surface area contributed by atoms with Gasteiger partial charge in [0.15, 0.2) is 5.13 Å². The molecule has 2 amide bonds. The first kappa shape index (κ1) is 19.5. The number of nitrogens with zero attached hydrogens (tertiary/aromatic N) is 2. The molecule has 0 spiro atoms. The maximum atomic E-state index is 12.2. The third kappa shape index (κ3) is 4.53. The van der Waals surface area contributed by atoms with Gasteiger partial charge in [-0.25, -0.2) is 4.98 Å². The highest BCUT2D eigenvalue weighted by atomic mass is 32.1. The molecule has 0 fully saturated rings.